The molecule has 5 aromatic rings. The van der Waals surface area contributed by atoms with Crippen LogP contribution in [0.1, 0.15) is 67.4 Å². The monoisotopic (exact) mass is 1060 g/mol. The number of aliphatic hydroxyl groups excluding tert-OH is 1. The Morgan fingerprint density at radius 1 is 0.851 bits per heavy atom. The molecule has 2 aromatic heterocycles. The topological polar surface area (TPSA) is 242 Å². The lowest BCUT2D eigenvalue weighted by molar-refractivity contribution is -0.144. The van der Waals surface area contributed by atoms with Crippen LogP contribution in [0.15, 0.2) is 77.2 Å². The lowest BCUT2D eigenvalue weighted by atomic mass is 9.85. The first-order valence-electron chi connectivity index (χ1n) is 24.4. The molecule has 3 aromatic carbocycles. The number of aromatic nitrogens is 4. The number of rotatable bonds is 25. The van der Waals surface area contributed by atoms with Gasteiger partial charge in [0.1, 0.15) is 30.3 Å². The highest BCUT2D eigenvalue weighted by molar-refractivity contribution is 7.13. The highest BCUT2D eigenvalue weighted by Crippen LogP contribution is 2.33. The van der Waals surface area contributed by atoms with Crippen LogP contribution < -0.4 is 26.0 Å². The van der Waals surface area contributed by atoms with E-state index in [1.807, 2.05) is 93.8 Å². The number of fused-ring (bicyclic) bond motifs is 3. The van der Waals surface area contributed by atoms with Gasteiger partial charge >= 0.3 is 0 Å². The Morgan fingerprint density at radius 3 is 2.19 bits per heavy atom. The number of β-amino-alcohol motifs (C(OH)–C–C–N with tert-alkyl or cyclic N) is 1. The normalized spacial score (nSPS) is 16.7. The van der Waals surface area contributed by atoms with Crippen LogP contribution in [0.3, 0.4) is 0 Å². The van der Waals surface area contributed by atoms with Crippen molar-refractivity contribution in [2.75, 3.05) is 79.6 Å². The summed E-state index contributed by atoms with van der Waals surface area (Å²) in [5, 5.41) is 31.7. The number of aliphatic imine (C=N–C) groups is 1. The van der Waals surface area contributed by atoms with Gasteiger partial charge in [-0.25, -0.2) is 4.98 Å². The Bertz CT molecular complexity index is 2730. The molecule has 20 nitrogen and oxygen atoms in total. The van der Waals surface area contributed by atoms with Gasteiger partial charge in [0.05, 0.1) is 93.5 Å². The molecule has 0 spiro atoms. The smallest absolute Gasteiger partial charge is 0.246 e. The Hall–Kier alpha value is -6.17. The molecule has 4 amide bonds. The van der Waals surface area contributed by atoms with Crippen LogP contribution in [0.5, 0.6) is 5.75 Å². The molecule has 0 radical (unpaired) electrons. The average molecular weight is 1060 g/mol. The van der Waals surface area contributed by atoms with Crippen LogP contribution in [-0.2, 0) is 44.7 Å². The molecule has 0 bridgehead atoms. The number of thiazole rings is 1. The Labute approximate surface area is 439 Å². The summed E-state index contributed by atoms with van der Waals surface area (Å²) >= 11 is 7.78. The Morgan fingerprint density at radius 2 is 1.53 bits per heavy atom. The highest BCUT2D eigenvalue weighted by atomic mass is 35.5. The zero-order valence-electron chi connectivity index (χ0n) is 42.5. The van der Waals surface area contributed by atoms with Gasteiger partial charge in [0, 0.05) is 42.2 Å². The number of aryl methyl sites for hydroxylation is 2. The molecule has 1 fully saturated rings. The van der Waals surface area contributed by atoms with Crippen molar-refractivity contribution in [3.63, 3.8) is 0 Å². The van der Waals surface area contributed by atoms with E-state index >= 15 is 0 Å². The molecule has 0 aliphatic carbocycles. The molecule has 74 heavy (non-hydrogen) atoms. The van der Waals surface area contributed by atoms with E-state index < -0.39 is 41.6 Å². The molecule has 1 saturated heterocycles. The SMILES string of the molecule is COc1ccc2c(c1)C(c1ccc(Cl)cc1)=NC(NCC(=O)NCCOCCOCCOCCOCC(=O)N[C@H](C(=O)N1C[C@H](O)C[C@H]1C(=O)NCc1ccc(-c3scnc3C)cc1)C(C)(C)C)c1nnc(C)n1-2. The summed E-state index contributed by atoms with van der Waals surface area (Å²) in [5.74, 6) is 0.263. The van der Waals surface area contributed by atoms with E-state index in [9.17, 15) is 24.3 Å². The number of nitrogens with zero attached hydrogens (tertiary/aromatic N) is 6. The number of carbonyl (C=O) groups is 4. The maximum absolute atomic E-state index is 14.0. The van der Waals surface area contributed by atoms with E-state index in [-0.39, 0.29) is 77.4 Å². The second-order valence-corrected chi connectivity index (χ2v) is 20.1. The number of amides is 4. The van der Waals surface area contributed by atoms with Crippen LogP contribution in [0.2, 0.25) is 5.02 Å². The molecular weight excluding hydrogens is 992 g/mol. The van der Waals surface area contributed by atoms with Gasteiger partial charge in [-0.05, 0) is 60.7 Å². The van der Waals surface area contributed by atoms with Crippen molar-refractivity contribution >= 4 is 52.3 Å². The molecule has 4 atom stereocenters. The van der Waals surface area contributed by atoms with E-state index in [0.717, 1.165) is 38.5 Å². The molecule has 2 aliphatic heterocycles. The van der Waals surface area contributed by atoms with Gasteiger partial charge in [0.15, 0.2) is 12.0 Å². The molecule has 4 heterocycles. The molecule has 1 unspecified atom stereocenters. The first-order valence-corrected chi connectivity index (χ1v) is 25.7. The highest BCUT2D eigenvalue weighted by Gasteiger charge is 2.44. The van der Waals surface area contributed by atoms with Crippen molar-refractivity contribution < 1.29 is 48.0 Å². The van der Waals surface area contributed by atoms with Gasteiger partial charge in [-0.15, -0.1) is 21.5 Å². The van der Waals surface area contributed by atoms with Gasteiger partial charge < -0.3 is 49.6 Å². The van der Waals surface area contributed by atoms with Crippen LogP contribution in [0.4, 0.5) is 0 Å². The first kappa shape index (κ1) is 55.6. The van der Waals surface area contributed by atoms with Crippen molar-refractivity contribution in [3.8, 4) is 21.9 Å². The summed E-state index contributed by atoms with van der Waals surface area (Å²) in [5.41, 5.74) is 7.11. The van der Waals surface area contributed by atoms with Crippen LogP contribution >= 0.6 is 22.9 Å². The Balaban J connectivity index is 0.744. The largest absolute Gasteiger partial charge is 0.497 e. The predicted octanol–water partition coefficient (Wildman–Crippen LogP) is 4.10. The van der Waals surface area contributed by atoms with E-state index in [2.05, 4.69) is 36.4 Å². The number of likely N-dealkylation sites (tertiary alicyclic amines) is 1. The van der Waals surface area contributed by atoms with Gasteiger partial charge in [0.2, 0.25) is 23.6 Å². The molecule has 0 saturated carbocycles. The van der Waals surface area contributed by atoms with E-state index in [4.69, 9.17) is 40.3 Å². The van der Waals surface area contributed by atoms with Crippen molar-refractivity contribution in [1.29, 1.82) is 0 Å². The number of hydrogen-bond donors (Lipinski definition) is 5. The zero-order chi connectivity index (χ0) is 52.8. The van der Waals surface area contributed by atoms with Crippen LogP contribution in [0, 0.1) is 19.3 Å². The third kappa shape index (κ3) is 14.8. The molecule has 396 valence electrons. The van der Waals surface area contributed by atoms with Crippen molar-refractivity contribution in [2.24, 2.45) is 10.4 Å². The van der Waals surface area contributed by atoms with E-state index in [1.54, 1.807) is 36.1 Å². The number of carbonyl (C=O) groups excluding carboxylic acids is 4. The number of nitrogens with one attached hydrogen (secondary N) is 4. The van der Waals surface area contributed by atoms with Gasteiger partial charge in [-0.1, -0.05) is 68.8 Å². The number of hydrogen-bond acceptors (Lipinski definition) is 16. The number of ether oxygens (including phenoxy) is 5. The second-order valence-electron chi connectivity index (χ2n) is 18.8. The zero-order valence-corrected chi connectivity index (χ0v) is 44.1. The molecule has 22 heteroatoms. The average Bonchev–Trinajstić information content (AvgIpc) is 4.09. The van der Waals surface area contributed by atoms with Crippen molar-refractivity contribution in [2.45, 2.75) is 71.9 Å². The van der Waals surface area contributed by atoms with Crippen molar-refractivity contribution in [1.82, 2.24) is 45.9 Å². The lowest BCUT2D eigenvalue weighted by Crippen LogP contribution is -2.58. The number of methoxy groups -OCH3 is 1. The van der Waals surface area contributed by atoms with E-state index in [1.165, 1.54) is 4.90 Å². The van der Waals surface area contributed by atoms with Gasteiger partial charge in [-0.3, -0.25) is 34.1 Å². The first-order chi connectivity index (χ1) is 35.6. The fourth-order valence-electron chi connectivity index (χ4n) is 8.43. The fraction of sp³-hybridized carbons (Fsp3) is 0.462. The summed E-state index contributed by atoms with van der Waals surface area (Å²) < 4.78 is 29.8. The third-order valence-electron chi connectivity index (χ3n) is 12.3. The van der Waals surface area contributed by atoms with Crippen LogP contribution in [0.25, 0.3) is 16.1 Å². The minimum Gasteiger partial charge on any atom is -0.497 e. The van der Waals surface area contributed by atoms with E-state index in [0.29, 0.717) is 48.0 Å². The summed E-state index contributed by atoms with van der Waals surface area (Å²) in [4.78, 5) is 65.1. The summed E-state index contributed by atoms with van der Waals surface area (Å²) in [7, 11) is 1.61. The van der Waals surface area contributed by atoms with Crippen LogP contribution in [-0.4, -0.2) is 157 Å². The number of benzene rings is 3. The minimum atomic E-state index is -0.982. The molecule has 2 aliphatic rings. The van der Waals surface area contributed by atoms with Gasteiger partial charge in [0.25, 0.3) is 0 Å². The Kier molecular flexibility index (Phi) is 19.8. The number of halogens is 1. The predicted molar refractivity (Wildman–Crippen MR) is 278 cm³/mol. The summed E-state index contributed by atoms with van der Waals surface area (Å²) in [6.45, 7) is 11.3. The standard InChI is InChI=1S/C52H65ClN10O10S/c1-32-46(74-31-57-32)36-9-7-34(8-10-36)27-56-50(67)42-25-38(64)29-62(42)51(68)47(52(3,4)5)58-44(66)30-73-24-23-72-22-21-71-20-19-70-18-17-54-43(65)28-55-48-49-61-60-33(2)63(49)41-16-15-39(69-6)26-40(41)45(59-48)35-11-13-37(53)14-12-35/h7-16,26,31,38,42,47-48,55,64H,17-25,27-30H2,1-6H3,(H,54,65)(H,56,67)(H,58,66)/t38-,42+,47-,48?/m1/s1. The number of aliphatic hydroxyl groups is 1. The summed E-state index contributed by atoms with van der Waals surface area (Å²) in [6, 6.07) is 19.1. The third-order valence-corrected chi connectivity index (χ3v) is 13.5. The van der Waals surface area contributed by atoms with Gasteiger partial charge in [-0.2, -0.15) is 0 Å². The fourth-order valence-corrected chi connectivity index (χ4v) is 9.37. The maximum atomic E-state index is 14.0. The second kappa shape index (κ2) is 26.4. The minimum absolute atomic E-state index is 0.0287. The quantitative estimate of drug-likeness (QED) is 0.0518. The molecular formula is C52H65ClN10O10S. The maximum Gasteiger partial charge on any atom is 0.246 e. The molecule has 5 N–H and O–H groups in total. The van der Waals surface area contributed by atoms with Crippen molar-refractivity contribution in [3.05, 3.63) is 111 Å². The molecule has 7 rings (SSSR count). The lowest BCUT2D eigenvalue weighted by Gasteiger charge is -2.35. The summed E-state index contributed by atoms with van der Waals surface area (Å²) in [6.07, 6.45) is -1.50.